The first-order chi connectivity index (χ1) is 11.1. The highest BCUT2D eigenvalue weighted by atomic mass is 32.2. The standard InChI is InChI=1S/C13H15F3O7S/c14-13(15,16)24(19,20)23-9-7-22-12(18)11(10(9)17)21-6-8-4-2-1-3-5-8/h1-5,9-12,17-18H,6-7H2/t9-,10-,11+,12-/m1/s1. The van der Waals surface area contributed by atoms with E-state index in [0.717, 1.165) is 0 Å². The molecule has 1 aliphatic heterocycles. The fourth-order valence-corrected chi connectivity index (χ4v) is 2.62. The molecule has 1 aromatic carbocycles. The molecule has 7 nitrogen and oxygen atoms in total. The summed E-state index contributed by atoms with van der Waals surface area (Å²) in [5.41, 5.74) is -4.97. The lowest BCUT2D eigenvalue weighted by molar-refractivity contribution is -0.264. The van der Waals surface area contributed by atoms with Gasteiger partial charge >= 0.3 is 15.6 Å². The summed E-state index contributed by atoms with van der Waals surface area (Å²) < 4.78 is 73.0. The number of alkyl halides is 3. The highest BCUT2D eigenvalue weighted by Gasteiger charge is 2.51. The number of aliphatic hydroxyl groups excluding tert-OH is 2. The lowest BCUT2D eigenvalue weighted by Crippen LogP contribution is -2.55. The first-order valence-electron chi connectivity index (χ1n) is 6.74. The summed E-state index contributed by atoms with van der Waals surface area (Å²) in [6.07, 6.45) is -6.82. The predicted molar refractivity (Wildman–Crippen MR) is 72.8 cm³/mol. The van der Waals surface area contributed by atoms with Gasteiger partial charge in [0.05, 0.1) is 13.2 Å². The van der Waals surface area contributed by atoms with E-state index in [0.29, 0.717) is 5.56 Å². The van der Waals surface area contributed by atoms with Gasteiger partial charge in [-0.15, -0.1) is 0 Å². The Hall–Kier alpha value is -1.24. The average Bonchev–Trinajstić information content (AvgIpc) is 2.50. The van der Waals surface area contributed by atoms with E-state index in [2.05, 4.69) is 4.18 Å². The van der Waals surface area contributed by atoms with E-state index in [1.54, 1.807) is 30.3 Å². The number of rotatable bonds is 5. The Labute approximate surface area is 135 Å². The van der Waals surface area contributed by atoms with Crippen LogP contribution in [0.1, 0.15) is 5.56 Å². The minimum Gasteiger partial charge on any atom is -0.387 e. The molecule has 0 radical (unpaired) electrons. The minimum absolute atomic E-state index is 0.0816. The third-order valence-electron chi connectivity index (χ3n) is 3.25. The van der Waals surface area contributed by atoms with Crippen molar-refractivity contribution in [2.75, 3.05) is 6.61 Å². The second-order valence-electron chi connectivity index (χ2n) is 5.01. The number of hydrogen-bond acceptors (Lipinski definition) is 7. The molecule has 1 aliphatic rings. The third-order valence-corrected chi connectivity index (χ3v) is 4.32. The van der Waals surface area contributed by atoms with Gasteiger partial charge in [-0.2, -0.15) is 21.6 Å². The Morgan fingerprint density at radius 2 is 1.83 bits per heavy atom. The molecule has 2 rings (SSSR count). The lowest BCUT2D eigenvalue weighted by atomic mass is 10.1. The molecule has 1 heterocycles. The Bertz CT molecular complexity index is 635. The summed E-state index contributed by atoms with van der Waals surface area (Å²) in [4.78, 5) is 0. The van der Waals surface area contributed by atoms with Crippen molar-refractivity contribution in [3.63, 3.8) is 0 Å². The smallest absolute Gasteiger partial charge is 0.387 e. The van der Waals surface area contributed by atoms with Crippen molar-refractivity contribution in [3.05, 3.63) is 35.9 Å². The van der Waals surface area contributed by atoms with E-state index in [9.17, 15) is 31.8 Å². The van der Waals surface area contributed by atoms with Crippen molar-refractivity contribution in [1.82, 2.24) is 0 Å². The topological polar surface area (TPSA) is 102 Å². The van der Waals surface area contributed by atoms with Crippen molar-refractivity contribution >= 4 is 10.1 Å². The lowest BCUT2D eigenvalue weighted by Gasteiger charge is -2.37. The highest BCUT2D eigenvalue weighted by Crippen LogP contribution is 2.29. The second kappa shape index (κ2) is 7.33. The molecule has 0 bridgehead atoms. The summed E-state index contributed by atoms with van der Waals surface area (Å²) in [6.45, 7) is -0.829. The van der Waals surface area contributed by atoms with E-state index >= 15 is 0 Å². The number of hydrogen-bond donors (Lipinski definition) is 2. The average molecular weight is 372 g/mol. The van der Waals surface area contributed by atoms with Gasteiger partial charge in [0, 0.05) is 0 Å². The van der Waals surface area contributed by atoms with Crippen LogP contribution in [0.4, 0.5) is 13.2 Å². The predicted octanol–water partition coefficient (Wildman–Crippen LogP) is 0.516. The van der Waals surface area contributed by atoms with Crippen LogP contribution < -0.4 is 0 Å². The maximum atomic E-state index is 12.3. The Morgan fingerprint density at radius 3 is 2.42 bits per heavy atom. The van der Waals surface area contributed by atoms with Gasteiger partial charge in [0.1, 0.15) is 18.3 Å². The molecule has 0 amide bonds. The van der Waals surface area contributed by atoms with Crippen LogP contribution >= 0.6 is 0 Å². The molecule has 2 N–H and O–H groups in total. The molecule has 136 valence electrons. The van der Waals surface area contributed by atoms with Crippen LogP contribution in [-0.2, 0) is 30.4 Å². The summed E-state index contributed by atoms with van der Waals surface area (Å²) >= 11 is 0. The summed E-state index contributed by atoms with van der Waals surface area (Å²) in [5.74, 6) is 0. The quantitative estimate of drug-likeness (QED) is 0.574. The van der Waals surface area contributed by atoms with Crippen LogP contribution in [0.25, 0.3) is 0 Å². The number of halogens is 3. The maximum absolute atomic E-state index is 12.3. The van der Waals surface area contributed by atoms with Crippen molar-refractivity contribution in [2.45, 2.75) is 36.7 Å². The zero-order valence-electron chi connectivity index (χ0n) is 12.1. The van der Waals surface area contributed by atoms with Crippen molar-refractivity contribution in [2.24, 2.45) is 0 Å². The van der Waals surface area contributed by atoms with E-state index in [1.807, 2.05) is 0 Å². The molecule has 0 saturated carbocycles. The van der Waals surface area contributed by atoms with E-state index in [-0.39, 0.29) is 6.61 Å². The Morgan fingerprint density at radius 1 is 1.21 bits per heavy atom. The molecular weight excluding hydrogens is 357 g/mol. The molecule has 1 aromatic rings. The molecule has 0 spiro atoms. The van der Waals surface area contributed by atoms with Gasteiger partial charge < -0.3 is 19.7 Å². The van der Waals surface area contributed by atoms with Gasteiger partial charge in [-0.05, 0) is 5.56 Å². The second-order valence-corrected chi connectivity index (χ2v) is 6.57. The summed E-state index contributed by atoms with van der Waals surface area (Å²) in [5, 5.41) is 19.6. The number of ether oxygens (including phenoxy) is 2. The van der Waals surface area contributed by atoms with E-state index < -0.39 is 46.8 Å². The molecule has 0 aliphatic carbocycles. The molecule has 0 unspecified atom stereocenters. The Balaban J connectivity index is 2.04. The summed E-state index contributed by atoms with van der Waals surface area (Å²) in [7, 11) is -5.92. The number of benzene rings is 1. The monoisotopic (exact) mass is 372 g/mol. The van der Waals surface area contributed by atoms with Crippen LogP contribution in [0, 0.1) is 0 Å². The zero-order valence-corrected chi connectivity index (χ0v) is 12.9. The molecular formula is C13H15F3O7S. The zero-order chi connectivity index (χ0) is 18.0. The van der Waals surface area contributed by atoms with Crippen molar-refractivity contribution < 1.29 is 45.5 Å². The fourth-order valence-electron chi connectivity index (χ4n) is 2.02. The van der Waals surface area contributed by atoms with Gasteiger partial charge in [0.2, 0.25) is 0 Å². The van der Waals surface area contributed by atoms with Gasteiger partial charge in [0.25, 0.3) is 0 Å². The van der Waals surface area contributed by atoms with Crippen LogP contribution in [0.5, 0.6) is 0 Å². The van der Waals surface area contributed by atoms with Gasteiger partial charge in [-0.25, -0.2) is 0 Å². The van der Waals surface area contributed by atoms with Crippen LogP contribution in [0.3, 0.4) is 0 Å². The molecule has 1 saturated heterocycles. The maximum Gasteiger partial charge on any atom is 0.523 e. The van der Waals surface area contributed by atoms with E-state index in [4.69, 9.17) is 9.47 Å². The largest absolute Gasteiger partial charge is 0.523 e. The minimum atomic E-state index is -5.92. The van der Waals surface area contributed by atoms with Crippen LogP contribution in [0.15, 0.2) is 30.3 Å². The summed E-state index contributed by atoms with van der Waals surface area (Å²) in [6, 6.07) is 8.55. The fraction of sp³-hybridized carbons (Fsp3) is 0.538. The highest BCUT2D eigenvalue weighted by molar-refractivity contribution is 7.87. The molecule has 1 fully saturated rings. The van der Waals surface area contributed by atoms with Gasteiger partial charge in [-0.1, -0.05) is 30.3 Å². The third kappa shape index (κ3) is 4.43. The van der Waals surface area contributed by atoms with Gasteiger partial charge in [-0.3, -0.25) is 4.18 Å². The number of aliphatic hydroxyl groups is 2. The SMILES string of the molecule is O=S(=O)(O[C@@H]1CO[C@@H](O)[C@@H](OCc2ccccc2)[C@@H]1O)C(F)(F)F. The van der Waals surface area contributed by atoms with Gasteiger partial charge in [0.15, 0.2) is 6.29 Å². The first kappa shape index (κ1) is 19.1. The molecule has 11 heteroatoms. The van der Waals surface area contributed by atoms with E-state index in [1.165, 1.54) is 0 Å². The molecule has 0 aromatic heterocycles. The van der Waals surface area contributed by atoms with Crippen molar-refractivity contribution in [1.29, 1.82) is 0 Å². The first-order valence-corrected chi connectivity index (χ1v) is 8.15. The normalized spacial score (nSPS) is 28.7. The van der Waals surface area contributed by atoms with Crippen LogP contribution in [-0.4, -0.2) is 55.3 Å². The molecule has 24 heavy (non-hydrogen) atoms. The van der Waals surface area contributed by atoms with Crippen molar-refractivity contribution in [3.8, 4) is 0 Å². The Kier molecular flexibility index (Phi) is 5.83. The van der Waals surface area contributed by atoms with Crippen LogP contribution in [0.2, 0.25) is 0 Å². The molecule has 4 atom stereocenters.